The lowest BCUT2D eigenvalue weighted by atomic mass is 9.84. The Balaban J connectivity index is 2.30. The van der Waals surface area contributed by atoms with E-state index >= 15 is 0 Å². The zero-order chi connectivity index (χ0) is 12.6. The Bertz CT molecular complexity index is 386. The molecule has 0 radical (unpaired) electrons. The molecule has 0 saturated carbocycles. The van der Waals surface area contributed by atoms with E-state index in [0.717, 1.165) is 10.2 Å². The van der Waals surface area contributed by atoms with Crippen molar-refractivity contribution in [2.45, 2.75) is 38.4 Å². The van der Waals surface area contributed by atoms with Gasteiger partial charge in [0.2, 0.25) is 0 Å². The second-order valence-corrected chi connectivity index (χ2v) is 5.96. The Morgan fingerprint density at radius 3 is 2.88 bits per heavy atom. The van der Waals surface area contributed by atoms with Gasteiger partial charge >= 0.3 is 0 Å². The van der Waals surface area contributed by atoms with E-state index in [1.807, 2.05) is 7.05 Å². The van der Waals surface area contributed by atoms with Crippen LogP contribution in [0, 0.1) is 5.92 Å². The molecule has 0 amide bonds. The summed E-state index contributed by atoms with van der Waals surface area (Å²) in [5.74, 6) is 0.411. The van der Waals surface area contributed by atoms with Gasteiger partial charge in [-0.2, -0.15) is 5.10 Å². The monoisotopic (exact) mass is 302 g/mol. The van der Waals surface area contributed by atoms with Crippen LogP contribution < -0.4 is 0 Å². The predicted molar refractivity (Wildman–Crippen MR) is 68.6 cm³/mol. The van der Waals surface area contributed by atoms with Gasteiger partial charge in [-0.15, -0.1) is 0 Å². The number of ether oxygens (including phenoxy) is 1. The standard InChI is InChI=1S/C12H19BrN2O2/c1-8(2)10-6-12(16,4-5-17-10)11-9(13)7-14-15(11)3/h7-8,10,16H,4-6H2,1-3H3. The topological polar surface area (TPSA) is 47.3 Å². The van der Waals surface area contributed by atoms with E-state index in [9.17, 15) is 5.11 Å². The molecular formula is C12H19BrN2O2. The summed E-state index contributed by atoms with van der Waals surface area (Å²) in [7, 11) is 1.86. The van der Waals surface area contributed by atoms with Gasteiger partial charge in [0.05, 0.1) is 29.1 Å². The van der Waals surface area contributed by atoms with Crippen LogP contribution in [0.5, 0.6) is 0 Å². The van der Waals surface area contributed by atoms with Gasteiger partial charge in [-0.1, -0.05) is 13.8 Å². The first kappa shape index (κ1) is 13.1. The van der Waals surface area contributed by atoms with Crippen molar-refractivity contribution >= 4 is 15.9 Å². The number of hydrogen-bond donors (Lipinski definition) is 1. The molecular weight excluding hydrogens is 284 g/mol. The van der Waals surface area contributed by atoms with Gasteiger partial charge in [-0.3, -0.25) is 4.68 Å². The molecule has 0 spiro atoms. The molecule has 1 N–H and O–H groups in total. The highest BCUT2D eigenvalue weighted by Crippen LogP contribution is 2.39. The average Bonchev–Trinajstić information content (AvgIpc) is 2.59. The summed E-state index contributed by atoms with van der Waals surface area (Å²) >= 11 is 3.46. The molecule has 5 heteroatoms. The third kappa shape index (κ3) is 2.41. The molecule has 1 fully saturated rings. The molecule has 0 aliphatic carbocycles. The molecule has 17 heavy (non-hydrogen) atoms. The summed E-state index contributed by atoms with van der Waals surface area (Å²) in [6, 6.07) is 0. The number of nitrogens with zero attached hydrogens (tertiary/aromatic N) is 2. The highest BCUT2D eigenvalue weighted by Gasteiger charge is 2.41. The van der Waals surface area contributed by atoms with Crippen LogP contribution in [0.4, 0.5) is 0 Å². The van der Waals surface area contributed by atoms with E-state index in [-0.39, 0.29) is 6.10 Å². The van der Waals surface area contributed by atoms with Gasteiger partial charge < -0.3 is 9.84 Å². The highest BCUT2D eigenvalue weighted by atomic mass is 79.9. The van der Waals surface area contributed by atoms with Gasteiger partial charge in [0, 0.05) is 19.9 Å². The minimum atomic E-state index is -0.836. The molecule has 1 aromatic heterocycles. The van der Waals surface area contributed by atoms with E-state index in [1.165, 1.54) is 0 Å². The van der Waals surface area contributed by atoms with Crippen LogP contribution in [0.2, 0.25) is 0 Å². The molecule has 4 nitrogen and oxygen atoms in total. The largest absolute Gasteiger partial charge is 0.383 e. The van der Waals surface area contributed by atoms with Gasteiger partial charge in [0.15, 0.2) is 0 Å². The third-order valence-electron chi connectivity index (χ3n) is 3.46. The fraction of sp³-hybridized carbons (Fsp3) is 0.750. The van der Waals surface area contributed by atoms with Crippen molar-refractivity contribution in [3.63, 3.8) is 0 Å². The molecule has 0 aromatic carbocycles. The van der Waals surface area contributed by atoms with E-state index in [4.69, 9.17) is 4.74 Å². The van der Waals surface area contributed by atoms with Crippen molar-refractivity contribution < 1.29 is 9.84 Å². The molecule has 0 bridgehead atoms. The molecule has 1 aliphatic heterocycles. The van der Waals surface area contributed by atoms with Crippen molar-refractivity contribution in [3.05, 3.63) is 16.4 Å². The van der Waals surface area contributed by atoms with E-state index < -0.39 is 5.60 Å². The maximum atomic E-state index is 10.8. The van der Waals surface area contributed by atoms with Crippen LogP contribution >= 0.6 is 15.9 Å². The maximum Gasteiger partial charge on any atom is 0.112 e. The molecule has 2 atom stereocenters. The second kappa shape index (κ2) is 4.71. The number of aliphatic hydroxyl groups is 1. The average molecular weight is 303 g/mol. The molecule has 1 saturated heterocycles. The van der Waals surface area contributed by atoms with Gasteiger partial charge in [-0.05, 0) is 21.8 Å². The number of halogens is 1. The number of rotatable bonds is 2. The lowest BCUT2D eigenvalue weighted by Crippen LogP contribution is -2.42. The Morgan fingerprint density at radius 2 is 2.35 bits per heavy atom. The number of aryl methyl sites for hydroxylation is 1. The summed E-state index contributed by atoms with van der Waals surface area (Å²) in [4.78, 5) is 0. The summed E-state index contributed by atoms with van der Waals surface area (Å²) in [6.07, 6.45) is 3.08. The summed E-state index contributed by atoms with van der Waals surface area (Å²) < 4.78 is 8.32. The van der Waals surface area contributed by atoms with Crippen LogP contribution in [-0.4, -0.2) is 27.6 Å². The van der Waals surface area contributed by atoms with Crippen LogP contribution in [0.25, 0.3) is 0 Å². The minimum Gasteiger partial charge on any atom is -0.383 e. The Labute approximate surface area is 110 Å². The normalized spacial score (nSPS) is 29.9. The van der Waals surface area contributed by atoms with Crippen molar-refractivity contribution in [2.24, 2.45) is 13.0 Å². The molecule has 2 unspecified atom stereocenters. The Hall–Kier alpha value is -0.390. The first-order chi connectivity index (χ1) is 7.94. The van der Waals surface area contributed by atoms with Crippen LogP contribution in [0.1, 0.15) is 32.4 Å². The predicted octanol–water partition coefficient (Wildman–Crippen LogP) is 2.21. The Kier molecular flexibility index (Phi) is 3.61. The van der Waals surface area contributed by atoms with E-state index in [2.05, 4.69) is 34.9 Å². The zero-order valence-electron chi connectivity index (χ0n) is 10.5. The van der Waals surface area contributed by atoms with Gasteiger partial charge in [-0.25, -0.2) is 0 Å². The first-order valence-electron chi connectivity index (χ1n) is 5.96. The van der Waals surface area contributed by atoms with E-state index in [1.54, 1.807) is 10.9 Å². The highest BCUT2D eigenvalue weighted by molar-refractivity contribution is 9.10. The first-order valence-corrected chi connectivity index (χ1v) is 6.75. The third-order valence-corrected chi connectivity index (χ3v) is 4.05. The summed E-state index contributed by atoms with van der Waals surface area (Å²) in [6.45, 7) is 4.83. The zero-order valence-corrected chi connectivity index (χ0v) is 12.1. The minimum absolute atomic E-state index is 0.107. The Morgan fingerprint density at radius 1 is 1.65 bits per heavy atom. The number of aromatic nitrogens is 2. The smallest absolute Gasteiger partial charge is 0.112 e. The van der Waals surface area contributed by atoms with Crippen molar-refractivity contribution in [1.29, 1.82) is 0 Å². The second-order valence-electron chi connectivity index (χ2n) is 5.10. The van der Waals surface area contributed by atoms with E-state index in [0.29, 0.717) is 25.4 Å². The van der Waals surface area contributed by atoms with Crippen LogP contribution in [-0.2, 0) is 17.4 Å². The fourth-order valence-corrected chi connectivity index (χ4v) is 3.17. The quantitative estimate of drug-likeness (QED) is 0.911. The molecule has 1 aromatic rings. The fourth-order valence-electron chi connectivity index (χ4n) is 2.45. The van der Waals surface area contributed by atoms with Crippen molar-refractivity contribution in [1.82, 2.24) is 9.78 Å². The lowest BCUT2D eigenvalue weighted by molar-refractivity contribution is -0.124. The summed E-state index contributed by atoms with van der Waals surface area (Å²) in [5, 5.41) is 15.0. The van der Waals surface area contributed by atoms with Crippen molar-refractivity contribution in [2.75, 3.05) is 6.61 Å². The summed E-state index contributed by atoms with van der Waals surface area (Å²) in [5.41, 5.74) is 0.0172. The molecule has 96 valence electrons. The van der Waals surface area contributed by atoms with Gasteiger partial charge in [0.1, 0.15) is 5.60 Å². The molecule has 2 rings (SSSR count). The van der Waals surface area contributed by atoms with Gasteiger partial charge in [0.25, 0.3) is 0 Å². The molecule has 2 heterocycles. The van der Waals surface area contributed by atoms with Crippen molar-refractivity contribution in [3.8, 4) is 0 Å². The van der Waals surface area contributed by atoms with Crippen LogP contribution in [0.3, 0.4) is 0 Å². The lowest BCUT2D eigenvalue weighted by Gasteiger charge is -2.38. The molecule has 1 aliphatic rings. The van der Waals surface area contributed by atoms with Crippen LogP contribution in [0.15, 0.2) is 10.7 Å². The maximum absolute atomic E-state index is 10.8. The number of hydrogen-bond acceptors (Lipinski definition) is 3. The SMILES string of the molecule is CC(C)C1CC(O)(c2c(Br)cnn2C)CCO1.